The second kappa shape index (κ2) is 8.93. The van der Waals surface area contributed by atoms with Crippen LogP contribution in [0.5, 0.6) is 0 Å². The van der Waals surface area contributed by atoms with Gasteiger partial charge >= 0.3 is 0 Å². The van der Waals surface area contributed by atoms with Crippen LogP contribution in [0.1, 0.15) is 65.7 Å². The van der Waals surface area contributed by atoms with Crippen molar-refractivity contribution in [3.63, 3.8) is 0 Å². The van der Waals surface area contributed by atoms with Crippen LogP contribution in [0, 0.1) is 0 Å². The van der Waals surface area contributed by atoms with E-state index < -0.39 is 0 Å². The van der Waals surface area contributed by atoms with Crippen molar-refractivity contribution in [2.75, 3.05) is 20.3 Å². The fourth-order valence-corrected chi connectivity index (χ4v) is 3.03. The van der Waals surface area contributed by atoms with Gasteiger partial charge in [-0.05, 0) is 39.7 Å². The van der Waals surface area contributed by atoms with Crippen LogP contribution in [0.2, 0.25) is 0 Å². The molecule has 3 heteroatoms. The summed E-state index contributed by atoms with van der Waals surface area (Å²) in [5, 5.41) is 3.66. The van der Waals surface area contributed by atoms with Crippen LogP contribution < -0.4 is 5.32 Å². The van der Waals surface area contributed by atoms with Crippen LogP contribution in [0.25, 0.3) is 0 Å². The van der Waals surface area contributed by atoms with Crippen molar-refractivity contribution in [3.05, 3.63) is 0 Å². The molecule has 1 aliphatic rings. The second-order valence-electron chi connectivity index (χ2n) is 6.07. The molecule has 0 aromatic carbocycles. The monoisotopic (exact) mass is 271 g/mol. The maximum absolute atomic E-state index is 6.01. The molecule has 0 spiro atoms. The van der Waals surface area contributed by atoms with Gasteiger partial charge in [-0.2, -0.15) is 0 Å². The van der Waals surface area contributed by atoms with Gasteiger partial charge in [-0.1, -0.05) is 32.6 Å². The average Bonchev–Trinajstić information content (AvgIpc) is 2.65. The predicted octanol–water partition coefficient (Wildman–Crippen LogP) is 3.52. The van der Waals surface area contributed by atoms with Crippen LogP contribution in [0.3, 0.4) is 0 Å². The molecule has 1 saturated carbocycles. The molecular weight excluding hydrogens is 238 g/mol. The van der Waals surface area contributed by atoms with E-state index >= 15 is 0 Å². The number of nitrogens with one attached hydrogen (secondary N) is 1. The Labute approximate surface area is 119 Å². The minimum absolute atomic E-state index is 0.0272. The SMILES string of the molecule is CCCNC(COC(C)C)C1(OC)CCCCCC1. The average molecular weight is 271 g/mol. The van der Waals surface area contributed by atoms with Gasteiger partial charge in [-0.25, -0.2) is 0 Å². The summed E-state index contributed by atoms with van der Waals surface area (Å²) in [4.78, 5) is 0. The van der Waals surface area contributed by atoms with E-state index in [0.29, 0.717) is 6.04 Å². The summed E-state index contributed by atoms with van der Waals surface area (Å²) in [5.74, 6) is 0. The van der Waals surface area contributed by atoms with Crippen LogP contribution >= 0.6 is 0 Å². The molecule has 0 aromatic rings. The molecule has 1 rings (SSSR count). The summed E-state index contributed by atoms with van der Waals surface area (Å²) < 4.78 is 11.9. The molecule has 1 atom stereocenters. The van der Waals surface area contributed by atoms with Gasteiger partial charge in [0.15, 0.2) is 0 Å². The number of hydrogen-bond acceptors (Lipinski definition) is 3. The zero-order valence-corrected chi connectivity index (χ0v) is 13.3. The van der Waals surface area contributed by atoms with E-state index in [1.807, 2.05) is 7.11 Å². The fourth-order valence-electron chi connectivity index (χ4n) is 3.03. The van der Waals surface area contributed by atoms with E-state index in [1.165, 1.54) is 25.7 Å². The van der Waals surface area contributed by atoms with E-state index in [0.717, 1.165) is 32.4 Å². The third-order valence-electron chi connectivity index (χ3n) is 4.23. The summed E-state index contributed by atoms with van der Waals surface area (Å²) >= 11 is 0. The Morgan fingerprint density at radius 2 is 1.74 bits per heavy atom. The van der Waals surface area contributed by atoms with Crippen LogP contribution in [-0.4, -0.2) is 38.0 Å². The van der Waals surface area contributed by atoms with Crippen molar-refractivity contribution in [3.8, 4) is 0 Å². The molecule has 0 saturated heterocycles. The van der Waals surface area contributed by atoms with Crippen LogP contribution in [0.15, 0.2) is 0 Å². The maximum atomic E-state index is 6.01. The minimum atomic E-state index is -0.0272. The van der Waals surface area contributed by atoms with Gasteiger partial charge in [0, 0.05) is 7.11 Å². The predicted molar refractivity (Wildman–Crippen MR) is 80.6 cm³/mol. The van der Waals surface area contributed by atoms with Crippen molar-refractivity contribution >= 4 is 0 Å². The summed E-state index contributed by atoms with van der Waals surface area (Å²) in [5.41, 5.74) is -0.0272. The van der Waals surface area contributed by atoms with Crippen LogP contribution in [-0.2, 0) is 9.47 Å². The molecule has 114 valence electrons. The van der Waals surface area contributed by atoms with Gasteiger partial charge in [0.25, 0.3) is 0 Å². The molecule has 3 nitrogen and oxygen atoms in total. The van der Waals surface area contributed by atoms with Crippen molar-refractivity contribution in [1.29, 1.82) is 0 Å². The summed E-state index contributed by atoms with van der Waals surface area (Å²) in [6, 6.07) is 0.318. The topological polar surface area (TPSA) is 30.5 Å². The molecule has 1 aliphatic carbocycles. The highest BCUT2D eigenvalue weighted by Crippen LogP contribution is 2.33. The lowest BCUT2D eigenvalue weighted by Crippen LogP contribution is -2.54. The summed E-state index contributed by atoms with van der Waals surface area (Å²) in [6.07, 6.45) is 8.99. The molecule has 0 bridgehead atoms. The zero-order valence-electron chi connectivity index (χ0n) is 13.3. The smallest absolute Gasteiger partial charge is 0.0853 e. The highest BCUT2D eigenvalue weighted by Gasteiger charge is 2.39. The molecule has 1 fully saturated rings. The number of rotatable bonds is 8. The van der Waals surface area contributed by atoms with E-state index in [9.17, 15) is 0 Å². The first-order valence-corrected chi connectivity index (χ1v) is 8.04. The molecule has 0 heterocycles. The normalized spacial score (nSPS) is 21.3. The quantitative estimate of drug-likeness (QED) is 0.685. The largest absolute Gasteiger partial charge is 0.377 e. The van der Waals surface area contributed by atoms with Crippen molar-refractivity contribution in [2.45, 2.75) is 83.5 Å². The van der Waals surface area contributed by atoms with Crippen molar-refractivity contribution < 1.29 is 9.47 Å². The molecule has 19 heavy (non-hydrogen) atoms. The molecule has 1 unspecified atom stereocenters. The third kappa shape index (κ3) is 5.41. The van der Waals surface area contributed by atoms with E-state index in [4.69, 9.17) is 9.47 Å². The maximum Gasteiger partial charge on any atom is 0.0853 e. The Bertz CT molecular complexity index is 223. The lowest BCUT2D eigenvalue weighted by atomic mass is 9.86. The fraction of sp³-hybridized carbons (Fsp3) is 1.00. The minimum Gasteiger partial charge on any atom is -0.377 e. The lowest BCUT2D eigenvalue weighted by molar-refractivity contribution is -0.0803. The standard InChI is InChI=1S/C16H33NO2/c1-5-12-17-15(13-19-14(2)3)16(18-4)10-8-6-7-9-11-16/h14-15,17H,5-13H2,1-4H3. The van der Waals surface area contributed by atoms with Gasteiger partial charge in [0.1, 0.15) is 0 Å². The van der Waals surface area contributed by atoms with Gasteiger partial charge in [-0.15, -0.1) is 0 Å². The highest BCUT2D eigenvalue weighted by atomic mass is 16.5. The van der Waals surface area contributed by atoms with Gasteiger partial charge in [0.2, 0.25) is 0 Å². The first-order chi connectivity index (χ1) is 9.14. The summed E-state index contributed by atoms with van der Waals surface area (Å²) in [7, 11) is 1.88. The molecule has 0 radical (unpaired) electrons. The van der Waals surface area contributed by atoms with E-state index in [1.54, 1.807) is 0 Å². The van der Waals surface area contributed by atoms with E-state index in [2.05, 4.69) is 26.1 Å². The Kier molecular flexibility index (Phi) is 7.96. The molecule has 1 N–H and O–H groups in total. The summed E-state index contributed by atoms with van der Waals surface area (Å²) in [6.45, 7) is 8.20. The Balaban J connectivity index is 2.70. The molecular formula is C16H33NO2. The van der Waals surface area contributed by atoms with Crippen molar-refractivity contribution in [1.82, 2.24) is 5.32 Å². The van der Waals surface area contributed by atoms with Crippen LogP contribution in [0.4, 0.5) is 0 Å². The number of ether oxygens (including phenoxy) is 2. The lowest BCUT2D eigenvalue weighted by Gasteiger charge is -2.40. The second-order valence-corrected chi connectivity index (χ2v) is 6.07. The van der Waals surface area contributed by atoms with E-state index in [-0.39, 0.29) is 11.7 Å². The zero-order chi connectivity index (χ0) is 14.1. The number of methoxy groups -OCH3 is 1. The third-order valence-corrected chi connectivity index (χ3v) is 4.23. The first-order valence-electron chi connectivity index (χ1n) is 8.04. The Morgan fingerprint density at radius 3 is 2.21 bits per heavy atom. The van der Waals surface area contributed by atoms with Crippen molar-refractivity contribution in [2.24, 2.45) is 0 Å². The first kappa shape index (κ1) is 16.9. The number of hydrogen-bond donors (Lipinski definition) is 1. The Morgan fingerprint density at radius 1 is 1.11 bits per heavy atom. The Hall–Kier alpha value is -0.120. The highest BCUT2D eigenvalue weighted by molar-refractivity contribution is 4.94. The molecule has 0 amide bonds. The van der Waals surface area contributed by atoms with Gasteiger partial charge in [-0.3, -0.25) is 0 Å². The molecule has 0 aliphatic heterocycles. The van der Waals surface area contributed by atoms with Gasteiger partial charge in [0.05, 0.1) is 24.4 Å². The molecule has 0 aromatic heterocycles. The van der Waals surface area contributed by atoms with Gasteiger partial charge < -0.3 is 14.8 Å².